The average molecular weight is 282 g/mol. The molecule has 2 aromatic rings. The zero-order chi connectivity index (χ0) is 13.7. The highest BCUT2D eigenvalue weighted by atomic mass is 35.5. The molecule has 19 heavy (non-hydrogen) atoms. The lowest BCUT2D eigenvalue weighted by Crippen LogP contribution is -2.25. The number of halogens is 2. The van der Waals surface area contributed by atoms with Crippen molar-refractivity contribution in [1.29, 1.82) is 0 Å². The summed E-state index contributed by atoms with van der Waals surface area (Å²) in [6.45, 7) is 0.460. The van der Waals surface area contributed by atoms with Crippen LogP contribution in [0.25, 0.3) is 0 Å². The van der Waals surface area contributed by atoms with Gasteiger partial charge in [0.1, 0.15) is 11.6 Å². The topological polar surface area (TPSA) is 57.8 Å². The van der Waals surface area contributed by atoms with Crippen molar-refractivity contribution in [3.05, 3.63) is 52.8 Å². The molecule has 2 rings (SSSR count). The van der Waals surface area contributed by atoms with Crippen molar-refractivity contribution in [3.8, 4) is 0 Å². The molecular weight excluding hydrogens is 269 g/mol. The Balaban J connectivity index is 1.81. The molecule has 6 heteroatoms. The third-order valence-corrected chi connectivity index (χ3v) is 2.84. The van der Waals surface area contributed by atoms with Crippen LogP contribution in [0.3, 0.4) is 0 Å². The van der Waals surface area contributed by atoms with E-state index in [0.29, 0.717) is 6.54 Å². The molecule has 0 atom stereocenters. The Labute approximate surface area is 115 Å². The summed E-state index contributed by atoms with van der Waals surface area (Å²) in [5, 5.41) is 2.93. The molecule has 0 spiro atoms. The number of carbonyl (C=O) groups is 1. The Bertz CT molecular complexity index is 557. The lowest BCUT2D eigenvalue weighted by molar-refractivity contribution is 0.0949. The highest BCUT2D eigenvalue weighted by molar-refractivity contribution is 6.30. The van der Waals surface area contributed by atoms with Gasteiger partial charge in [-0.3, -0.25) is 4.79 Å². The number of nitrogens with zero attached hydrogens (tertiary/aromatic N) is 1. The minimum absolute atomic E-state index is 0.00222. The van der Waals surface area contributed by atoms with Gasteiger partial charge in [0.05, 0.1) is 5.56 Å². The summed E-state index contributed by atoms with van der Waals surface area (Å²) in [5.41, 5.74) is 0.00222. The fourth-order valence-corrected chi connectivity index (χ4v) is 1.82. The standard InChI is InChI=1S/C13H13ClFN3O/c14-9-3-4-10(11(15)8-9)13(19)18-5-1-2-12-16-6-7-17-12/h3-4,6-8H,1-2,5H2,(H,16,17)(H,18,19). The number of aryl methyl sites for hydroxylation is 1. The van der Waals surface area contributed by atoms with Crippen molar-refractivity contribution in [1.82, 2.24) is 15.3 Å². The predicted octanol–water partition coefficient (Wildman–Crippen LogP) is 2.56. The fraction of sp³-hybridized carbons (Fsp3) is 0.231. The molecule has 1 amide bonds. The second-order valence-electron chi connectivity index (χ2n) is 4.02. The SMILES string of the molecule is O=C(NCCCc1ncc[nH]1)c1ccc(Cl)cc1F. The first-order valence-electron chi connectivity index (χ1n) is 5.88. The maximum atomic E-state index is 13.5. The van der Waals surface area contributed by atoms with Gasteiger partial charge in [0.15, 0.2) is 0 Å². The Morgan fingerprint density at radius 1 is 1.47 bits per heavy atom. The molecule has 1 heterocycles. The molecule has 1 aromatic carbocycles. The maximum Gasteiger partial charge on any atom is 0.254 e. The highest BCUT2D eigenvalue weighted by Gasteiger charge is 2.11. The van der Waals surface area contributed by atoms with Crippen molar-refractivity contribution in [2.45, 2.75) is 12.8 Å². The quantitative estimate of drug-likeness (QED) is 0.828. The molecular formula is C13H13ClFN3O. The zero-order valence-corrected chi connectivity index (χ0v) is 10.9. The van der Waals surface area contributed by atoms with E-state index >= 15 is 0 Å². The Morgan fingerprint density at radius 2 is 2.32 bits per heavy atom. The van der Waals surface area contributed by atoms with E-state index in [2.05, 4.69) is 15.3 Å². The van der Waals surface area contributed by atoms with Gasteiger partial charge in [-0.25, -0.2) is 9.37 Å². The lowest BCUT2D eigenvalue weighted by Gasteiger charge is -2.05. The molecule has 1 aromatic heterocycles. The largest absolute Gasteiger partial charge is 0.352 e. The summed E-state index contributed by atoms with van der Waals surface area (Å²) in [6, 6.07) is 3.99. The van der Waals surface area contributed by atoms with Crippen LogP contribution in [-0.4, -0.2) is 22.4 Å². The summed E-state index contributed by atoms with van der Waals surface area (Å²) in [4.78, 5) is 18.8. The van der Waals surface area contributed by atoms with E-state index in [9.17, 15) is 9.18 Å². The van der Waals surface area contributed by atoms with E-state index < -0.39 is 11.7 Å². The van der Waals surface area contributed by atoms with Crippen LogP contribution in [0.15, 0.2) is 30.6 Å². The molecule has 0 saturated heterocycles. The number of H-pyrrole nitrogens is 1. The van der Waals surface area contributed by atoms with Gasteiger partial charge in [0.25, 0.3) is 5.91 Å². The second-order valence-corrected chi connectivity index (χ2v) is 4.46. The molecule has 0 unspecified atom stereocenters. The summed E-state index contributed by atoms with van der Waals surface area (Å²) < 4.78 is 13.5. The number of aromatic nitrogens is 2. The van der Waals surface area contributed by atoms with Gasteiger partial charge in [0, 0.05) is 30.4 Å². The number of hydrogen-bond donors (Lipinski definition) is 2. The van der Waals surface area contributed by atoms with Crippen molar-refractivity contribution in [2.24, 2.45) is 0 Å². The van der Waals surface area contributed by atoms with Crippen LogP contribution in [0.1, 0.15) is 22.6 Å². The van der Waals surface area contributed by atoms with Gasteiger partial charge < -0.3 is 10.3 Å². The maximum absolute atomic E-state index is 13.5. The Morgan fingerprint density at radius 3 is 3.00 bits per heavy atom. The van der Waals surface area contributed by atoms with Crippen LogP contribution in [0.4, 0.5) is 4.39 Å². The number of hydrogen-bond acceptors (Lipinski definition) is 2. The smallest absolute Gasteiger partial charge is 0.254 e. The third kappa shape index (κ3) is 3.79. The van der Waals surface area contributed by atoms with E-state index in [1.165, 1.54) is 12.1 Å². The van der Waals surface area contributed by atoms with Gasteiger partial charge in [-0.2, -0.15) is 0 Å². The van der Waals surface area contributed by atoms with Crippen LogP contribution in [-0.2, 0) is 6.42 Å². The molecule has 0 radical (unpaired) electrons. The monoisotopic (exact) mass is 281 g/mol. The number of nitrogens with one attached hydrogen (secondary N) is 2. The first-order valence-corrected chi connectivity index (χ1v) is 6.26. The average Bonchev–Trinajstić information content (AvgIpc) is 2.87. The molecule has 0 aliphatic rings. The minimum atomic E-state index is -0.615. The Hall–Kier alpha value is -1.88. The number of aromatic amines is 1. The van der Waals surface area contributed by atoms with Gasteiger partial charge in [-0.15, -0.1) is 0 Å². The highest BCUT2D eigenvalue weighted by Crippen LogP contribution is 2.14. The van der Waals surface area contributed by atoms with Gasteiger partial charge in [-0.1, -0.05) is 11.6 Å². The molecule has 0 fully saturated rings. The van der Waals surface area contributed by atoms with Crippen molar-refractivity contribution >= 4 is 17.5 Å². The summed E-state index contributed by atoms with van der Waals surface area (Å²) >= 11 is 5.62. The van der Waals surface area contributed by atoms with Gasteiger partial charge in [0.2, 0.25) is 0 Å². The molecule has 0 saturated carbocycles. The summed E-state index contributed by atoms with van der Waals surface area (Å²) in [7, 11) is 0. The molecule has 4 nitrogen and oxygen atoms in total. The van der Waals surface area contributed by atoms with Crippen LogP contribution in [0.2, 0.25) is 5.02 Å². The first-order chi connectivity index (χ1) is 9.16. The van der Waals surface area contributed by atoms with E-state index in [0.717, 1.165) is 24.7 Å². The van der Waals surface area contributed by atoms with E-state index in [4.69, 9.17) is 11.6 Å². The third-order valence-electron chi connectivity index (χ3n) is 2.61. The Kier molecular flexibility index (Phi) is 4.52. The lowest BCUT2D eigenvalue weighted by atomic mass is 10.2. The van der Waals surface area contributed by atoms with E-state index in [-0.39, 0.29) is 10.6 Å². The second kappa shape index (κ2) is 6.33. The normalized spacial score (nSPS) is 10.4. The van der Waals surface area contributed by atoms with Crippen LogP contribution in [0, 0.1) is 5.82 Å². The van der Waals surface area contributed by atoms with E-state index in [1.54, 1.807) is 12.4 Å². The number of benzene rings is 1. The summed E-state index contributed by atoms with van der Waals surface area (Å²) in [6.07, 6.45) is 4.89. The first kappa shape index (κ1) is 13.5. The molecule has 100 valence electrons. The van der Waals surface area contributed by atoms with Crippen LogP contribution >= 0.6 is 11.6 Å². The van der Waals surface area contributed by atoms with Crippen LogP contribution in [0.5, 0.6) is 0 Å². The minimum Gasteiger partial charge on any atom is -0.352 e. The number of carbonyl (C=O) groups excluding carboxylic acids is 1. The van der Waals surface area contributed by atoms with Crippen LogP contribution < -0.4 is 5.32 Å². The van der Waals surface area contributed by atoms with Crippen molar-refractivity contribution < 1.29 is 9.18 Å². The molecule has 2 N–H and O–H groups in total. The summed E-state index contributed by atoms with van der Waals surface area (Å²) in [5.74, 6) is -0.184. The number of amides is 1. The molecule has 0 aliphatic heterocycles. The molecule has 0 bridgehead atoms. The predicted molar refractivity (Wildman–Crippen MR) is 70.7 cm³/mol. The van der Waals surface area contributed by atoms with Gasteiger partial charge >= 0.3 is 0 Å². The molecule has 0 aliphatic carbocycles. The van der Waals surface area contributed by atoms with E-state index in [1.807, 2.05) is 0 Å². The van der Waals surface area contributed by atoms with Gasteiger partial charge in [-0.05, 0) is 24.6 Å². The van der Waals surface area contributed by atoms with Crippen molar-refractivity contribution in [3.63, 3.8) is 0 Å². The van der Waals surface area contributed by atoms with Crippen molar-refractivity contribution in [2.75, 3.05) is 6.54 Å². The fourth-order valence-electron chi connectivity index (χ4n) is 1.66. The number of imidazole rings is 1. The number of rotatable bonds is 5. The zero-order valence-electron chi connectivity index (χ0n) is 10.1.